The minimum atomic E-state index is 0.511. The molecular formula is C28H28N4O2. The second-order valence-corrected chi connectivity index (χ2v) is 8.62. The standard InChI is InChI=1S/C28H28N4O2/c1-31(2)18-20-4-6-21(7-5-20)22-8-11-25-23(16-22)9-13-28(30-25)32-19-29-26-17-24(10-12-27(26)32)34-15-14-33-3/h4-13,16-17,19H,14-15,18H2,1-3H3. The van der Waals surface area contributed by atoms with Crippen LogP contribution in [0, 0.1) is 0 Å². The monoisotopic (exact) mass is 452 g/mol. The summed E-state index contributed by atoms with van der Waals surface area (Å²) in [7, 11) is 5.83. The topological polar surface area (TPSA) is 52.4 Å². The van der Waals surface area contributed by atoms with Crippen LogP contribution >= 0.6 is 0 Å². The zero-order valence-electron chi connectivity index (χ0n) is 19.7. The van der Waals surface area contributed by atoms with E-state index in [4.69, 9.17) is 14.5 Å². The third-order valence-corrected chi connectivity index (χ3v) is 5.78. The van der Waals surface area contributed by atoms with Crippen LogP contribution in [-0.2, 0) is 11.3 Å². The van der Waals surface area contributed by atoms with E-state index in [9.17, 15) is 0 Å². The molecule has 172 valence electrons. The Bertz CT molecular complexity index is 1420. The zero-order chi connectivity index (χ0) is 23.5. The lowest BCUT2D eigenvalue weighted by Crippen LogP contribution is -2.10. The van der Waals surface area contributed by atoms with E-state index < -0.39 is 0 Å². The molecule has 0 unspecified atom stereocenters. The van der Waals surface area contributed by atoms with Gasteiger partial charge in [-0.3, -0.25) is 4.57 Å². The fourth-order valence-corrected chi connectivity index (χ4v) is 4.10. The van der Waals surface area contributed by atoms with Crippen LogP contribution in [0.2, 0.25) is 0 Å². The molecule has 0 aliphatic heterocycles. The number of fused-ring (bicyclic) bond motifs is 2. The molecule has 0 bridgehead atoms. The van der Waals surface area contributed by atoms with Gasteiger partial charge in [0.15, 0.2) is 0 Å². The van der Waals surface area contributed by atoms with Crippen molar-refractivity contribution in [3.63, 3.8) is 0 Å². The van der Waals surface area contributed by atoms with Crippen molar-refractivity contribution in [2.45, 2.75) is 6.54 Å². The van der Waals surface area contributed by atoms with Crippen molar-refractivity contribution in [1.29, 1.82) is 0 Å². The maximum atomic E-state index is 5.71. The molecule has 2 aromatic heterocycles. The lowest BCUT2D eigenvalue weighted by Gasteiger charge is -2.11. The molecule has 5 aromatic rings. The molecule has 6 nitrogen and oxygen atoms in total. The Morgan fingerprint density at radius 2 is 1.65 bits per heavy atom. The lowest BCUT2D eigenvalue weighted by atomic mass is 10.0. The summed E-state index contributed by atoms with van der Waals surface area (Å²) < 4.78 is 12.8. The van der Waals surface area contributed by atoms with E-state index >= 15 is 0 Å². The molecular weight excluding hydrogens is 424 g/mol. The second kappa shape index (κ2) is 9.63. The molecule has 0 atom stereocenters. The molecule has 0 aliphatic carbocycles. The summed E-state index contributed by atoms with van der Waals surface area (Å²) in [6, 6.07) is 25.2. The molecule has 3 aromatic carbocycles. The van der Waals surface area contributed by atoms with Crippen molar-refractivity contribution in [3.05, 3.63) is 84.7 Å². The van der Waals surface area contributed by atoms with Gasteiger partial charge in [0, 0.05) is 25.1 Å². The fraction of sp³-hybridized carbons (Fsp3) is 0.214. The lowest BCUT2D eigenvalue weighted by molar-refractivity contribution is 0.146. The number of hydrogen-bond donors (Lipinski definition) is 0. The molecule has 0 radical (unpaired) electrons. The van der Waals surface area contributed by atoms with Gasteiger partial charge in [0.05, 0.1) is 23.2 Å². The SMILES string of the molecule is COCCOc1ccc2c(c1)ncn2-c1ccc2cc(-c3ccc(CN(C)C)cc3)ccc2n1. The van der Waals surface area contributed by atoms with Crippen LogP contribution in [0.4, 0.5) is 0 Å². The quantitative estimate of drug-likeness (QED) is 0.298. The Hall–Kier alpha value is -3.74. The van der Waals surface area contributed by atoms with E-state index in [-0.39, 0.29) is 0 Å². The fourth-order valence-electron chi connectivity index (χ4n) is 4.10. The summed E-state index contributed by atoms with van der Waals surface area (Å²) >= 11 is 0. The summed E-state index contributed by atoms with van der Waals surface area (Å²) in [6.45, 7) is 2.00. The first-order valence-corrected chi connectivity index (χ1v) is 11.3. The van der Waals surface area contributed by atoms with E-state index in [2.05, 4.69) is 72.5 Å². The summed E-state index contributed by atoms with van der Waals surface area (Å²) in [6.07, 6.45) is 1.81. The molecule has 0 spiro atoms. The van der Waals surface area contributed by atoms with Gasteiger partial charge in [-0.2, -0.15) is 0 Å². The largest absolute Gasteiger partial charge is 0.491 e. The van der Waals surface area contributed by atoms with Crippen molar-refractivity contribution in [2.75, 3.05) is 34.4 Å². The Morgan fingerprint density at radius 3 is 2.44 bits per heavy atom. The number of rotatable bonds is 8. The first-order chi connectivity index (χ1) is 16.6. The predicted octanol–water partition coefficient (Wildman–Crippen LogP) is 5.33. The van der Waals surface area contributed by atoms with Crippen LogP contribution in [0.25, 0.3) is 38.9 Å². The Morgan fingerprint density at radius 1 is 0.824 bits per heavy atom. The van der Waals surface area contributed by atoms with Gasteiger partial charge in [-0.15, -0.1) is 0 Å². The average Bonchev–Trinajstić information content (AvgIpc) is 3.27. The summed E-state index contributed by atoms with van der Waals surface area (Å²) in [5, 5.41) is 1.11. The molecule has 2 heterocycles. The number of ether oxygens (including phenoxy) is 2. The Labute approximate surface area is 199 Å². The normalized spacial score (nSPS) is 11.5. The Kier molecular flexibility index (Phi) is 6.25. The maximum Gasteiger partial charge on any atom is 0.139 e. The minimum Gasteiger partial charge on any atom is -0.491 e. The van der Waals surface area contributed by atoms with Gasteiger partial charge in [-0.05, 0) is 67.2 Å². The molecule has 0 saturated heterocycles. The highest BCUT2D eigenvalue weighted by atomic mass is 16.5. The van der Waals surface area contributed by atoms with Crippen LogP contribution in [0.15, 0.2) is 79.1 Å². The third kappa shape index (κ3) is 4.64. The molecule has 0 amide bonds. The molecule has 34 heavy (non-hydrogen) atoms. The molecule has 0 N–H and O–H groups in total. The highest BCUT2D eigenvalue weighted by Gasteiger charge is 2.09. The number of pyridine rings is 1. The van der Waals surface area contributed by atoms with Crippen molar-refractivity contribution in [1.82, 2.24) is 19.4 Å². The van der Waals surface area contributed by atoms with Crippen LogP contribution in [0.3, 0.4) is 0 Å². The van der Waals surface area contributed by atoms with E-state index in [1.54, 1.807) is 13.4 Å². The van der Waals surface area contributed by atoms with Gasteiger partial charge in [0.1, 0.15) is 24.5 Å². The number of nitrogens with zero attached hydrogens (tertiary/aromatic N) is 4. The van der Waals surface area contributed by atoms with Gasteiger partial charge in [0.2, 0.25) is 0 Å². The number of aromatic nitrogens is 3. The van der Waals surface area contributed by atoms with Crippen LogP contribution in [0.5, 0.6) is 5.75 Å². The van der Waals surface area contributed by atoms with Crippen molar-refractivity contribution >= 4 is 21.9 Å². The average molecular weight is 453 g/mol. The van der Waals surface area contributed by atoms with Crippen LogP contribution in [-0.4, -0.2) is 53.9 Å². The predicted molar refractivity (Wildman–Crippen MR) is 137 cm³/mol. The molecule has 6 heteroatoms. The van der Waals surface area contributed by atoms with Gasteiger partial charge < -0.3 is 14.4 Å². The van der Waals surface area contributed by atoms with Gasteiger partial charge in [-0.25, -0.2) is 9.97 Å². The highest BCUT2D eigenvalue weighted by molar-refractivity contribution is 5.86. The number of methoxy groups -OCH3 is 1. The summed E-state index contributed by atoms with van der Waals surface area (Å²) in [5.74, 6) is 1.62. The van der Waals surface area contributed by atoms with Crippen molar-refractivity contribution < 1.29 is 9.47 Å². The third-order valence-electron chi connectivity index (χ3n) is 5.78. The van der Waals surface area contributed by atoms with Crippen LogP contribution < -0.4 is 4.74 Å². The molecule has 0 fully saturated rings. The number of imidazole rings is 1. The molecule has 5 rings (SSSR count). The van der Waals surface area contributed by atoms with Crippen LogP contribution in [0.1, 0.15) is 5.56 Å². The van der Waals surface area contributed by atoms with Gasteiger partial charge in [0.25, 0.3) is 0 Å². The second-order valence-electron chi connectivity index (χ2n) is 8.62. The van der Waals surface area contributed by atoms with E-state index in [1.165, 1.54) is 16.7 Å². The van der Waals surface area contributed by atoms with E-state index in [0.29, 0.717) is 13.2 Å². The van der Waals surface area contributed by atoms with E-state index in [0.717, 1.165) is 40.0 Å². The first-order valence-electron chi connectivity index (χ1n) is 11.3. The minimum absolute atomic E-state index is 0.511. The van der Waals surface area contributed by atoms with E-state index in [1.807, 2.05) is 28.8 Å². The molecule has 0 aliphatic rings. The molecule has 0 saturated carbocycles. The highest BCUT2D eigenvalue weighted by Crippen LogP contribution is 2.27. The zero-order valence-corrected chi connectivity index (χ0v) is 19.7. The number of benzene rings is 3. The van der Waals surface area contributed by atoms with Gasteiger partial charge >= 0.3 is 0 Å². The summed E-state index contributed by atoms with van der Waals surface area (Å²) in [5.41, 5.74) is 6.50. The Balaban J connectivity index is 1.41. The number of hydrogen-bond acceptors (Lipinski definition) is 5. The maximum absolute atomic E-state index is 5.71. The first kappa shape index (κ1) is 22.1. The van der Waals surface area contributed by atoms with Crippen molar-refractivity contribution in [3.8, 4) is 22.7 Å². The smallest absolute Gasteiger partial charge is 0.139 e. The van der Waals surface area contributed by atoms with Gasteiger partial charge in [-0.1, -0.05) is 30.3 Å². The van der Waals surface area contributed by atoms with Crippen molar-refractivity contribution in [2.24, 2.45) is 0 Å². The summed E-state index contributed by atoms with van der Waals surface area (Å²) in [4.78, 5) is 11.6.